The Labute approximate surface area is 118 Å². The van der Waals surface area contributed by atoms with E-state index in [1.54, 1.807) is 24.3 Å². The summed E-state index contributed by atoms with van der Waals surface area (Å²) < 4.78 is -1.58. The van der Waals surface area contributed by atoms with Crippen LogP contribution >= 0.6 is 58.2 Å². The molecule has 7 heteroatoms. The predicted molar refractivity (Wildman–Crippen MR) is 70.6 cm³/mol. The fourth-order valence-electron chi connectivity index (χ4n) is 0.906. The Hall–Kier alpha value is 0.200. The molecule has 0 heterocycles. The SMILES string of the molecule is O=CN[C@H](Sc1ccc(Cl)cc1)C(Cl)(Cl)Cl. The Kier molecular flexibility index (Phi) is 5.54. The van der Waals surface area contributed by atoms with Gasteiger partial charge in [0.1, 0.15) is 5.37 Å². The van der Waals surface area contributed by atoms with Gasteiger partial charge in [-0.3, -0.25) is 4.79 Å². The zero-order chi connectivity index (χ0) is 12.2. The molecule has 2 nitrogen and oxygen atoms in total. The molecule has 0 aromatic heterocycles. The topological polar surface area (TPSA) is 29.1 Å². The minimum atomic E-state index is -1.58. The molecule has 0 aliphatic carbocycles. The average molecular weight is 319 g/mol. The van der Waals surface area contributed by atoms with E-state index in [0.29, 0.717) is 11.4 Å². The number of carbonyl (C=O) groups excluding carboxylic acids is 1. The van der Waals surface area contributed by atoms with Crippen LogP contribution in [0, 0.1) is 0 Å². The van der Waals surface area contributed by atoms with Crippen molar-refractivity contribution < 1.29 is 4.79 Å². The Balaban J connectivity index is 2.75. The van der Waals surface area contributed by atoms with Gasteiger partial charge in [-0.05, 0) is 24.3 Å². The molecule has 0 spiro atoms. The van der Waals surface area contributed by atoms with Crippen molar-refractivity contribution in [3.63, 3.8) is 0 Å². The van der Waals surface area contributed by atoms with Crippen molar-refractivity contribution in [3.05, 3.63) is 29.3 Å². The zero-order valence-electron chi connectivity index (χ0n) is 7.79. The molecule has 0 saturated heterocycles. The minimum absolute atomic E-state index is 0.496. The van der Waals surface area contributed by atoms with Gasteiger partial charge in [0.15, 0.2) is 0 Å². The third-order valence-electron chi connectivity index (χ3n) is 1.58. The molecule has 0 unspecified atom stereocenters. The number of hydrogen-bond acceptors (Lipinski definition) is 2. The lowest BCUT2D eigenvalue weighted by Gasteiger charge is -2.22. The second kappa shape index (κ2) is 6.22. The summed E-state index contributed by atoms with van der Waals surface area (Å²) in [5.41, 5.74) is 0. The number of benzene rings is 1. The van der Waals surface area contributed by atoms with Crippen LogP contribution in [-0.2, 0) is 4.79 Å². The highest BCUT2D eigenvalue weighted by Gasteiger charge is 2.33. The summed E-state index contributed by atoms with van der Waals surface area (Å²) in [5.74, 6) is 0. The molecule has 0 aliphatic heterocycles. The molecule has 1 aromatic carbocycles. The molecule has 0 aliphatic rings. The largest absolute Gasteiger partial charge is 0.342 e. The van der Waals surface area contributed by atoms with E-state index in [4.69, 9.17) is 46.4 Å². The van der Waals surface area contributed by atoms with Crippen LogP contribution in [0.25, 0.3) is 0 Å². The first kappa shape index (κ1) is 14.3. The number of carbonyl (C=O) groups is 1. The number of amides is 1. The van der Waals surface area contributed by atoms with Crippen molar-refractivity contribution in [2.45, 2.75) is 14.1 Å². The fraction of sp³-hybridized carbons (Fsp3) is 0.222. The first-order valence-electron chi connectivity index (χ1n) is 4.12. The van der Waals surface area contributed by atoms with E-state index in [-0.39, 0.29) is 0 Å². The summed E-state index contributed by atoms with van der Waals surface area (Å²) in [6.45, 7) is 0. The first-order valence-corrected chi connectivity index (χ1v) is 6.51. The lowest BCUT2D eigenvalue weighted by atomic mass is 10.4. The zero-order valence-corrected chi connectivity index (χ0v) is 11.6. The molecule has 0 fully saturated rings. The molecule has 1 aromatic rings. The maximum atomic E-state index is 10.4. The quantitative estimate of drug-likeness (QED) is 0.395. The molecule has 1 amide bonds. The molecular formula is C9H7Cl4NOS. The Morgan fingerprint density at radius 2 is 1.81 bits per heavy atom. The number of rotatable bonds is 4. The maximum absolute atomic E-state index is 10.4. The van der Waals surface area contributed by atoms with E-state index < -0.39 is 9.17 Å². The molecule has 88 valence electrons. The smallest absolute Gasteiger partial charge is 0.220 e. The molecule has 16 heavy (non-hydrogen) atoms. The minimum Gasteiger partial charge on any atom is -0.342 e. The van der Waals surface area contributed by atoms with Crippen molar-refractivity contribution in [2.75, 3.05) is 0 Å². The fourth-order valence-corrected chi connectivity index (χ4v) is 2.44. The second-order valence-electron chi connectivity index (χ2n) is 2.78. The van der Waals surface area contributed by atoms with Gasteiger partial charge in [-0.2, -0.15) is 0 Å². The summed E-state index contributed by atoms with van der Waals surface area (Å²) in [6, 6.07) is 7.01. The highest BCUT2D eigenvalue weighted by atomic mass is 35.6. The van der Waals surface area contributed by atoms with Crippen molar-refractivity contribution in [2.24, 2.45) is 0 Å². The van der Waals surface area contributed by atoms with E-state index in [2.05, 4.69) is 5.32 Å². The maximum Gasteiger partial charge on any atom is 0.220 e. The standard InChI is InChI=1S/C9H7Cl4NOS/c10-6-1-3-7(4-2-6)16-8(14-5-15)9(11,12)13/h1-5,8H,(H,14,15)/t8-/m1/s1. The van der Waals surface area contributed by atoms with E-state index in [1.165, 1.54) is 11.8 Å². The van der Waals surface area contributed by atoms with Crippen LogP contribution < -0.4 is 5.32 Å². The number of halogens is 4. The van der Waals surface area contributed by atoms with Crippen LogP contribution in [0.3, 0.4) is 0 Å². The Bertz CT molecular complexity index is 352. The van der Waals surface area contributed by atoms with Gasteiger partial charge in [-0.25, -0.2) is 0 Å². The molecule has 0 radical (unpaired) electrons. The number of hydrogen-bond donors (Lipinski definition) is 1. The van der Waals surface area contributed by atoms with Crippen LogP contribution in [0.2, 0.25) is 5.02 Å². The number of alkyl halides is 3. The van der Waals surface area contributed by atoms with Gasteiger partial charge in [-0.15, -0.1) is 0 Å². The molecule has 1 N–H and O–H groups in total. The van der Waals surface area contributed by atoms with E-state index in [1.807, 2.05) is 0 Å². The van der Waals surface area contributed by atoms with Gasteiger partial charge in [-0.1, -0.05) is 58.2 Å². The third kappa shape index (κ3) is 4.60. The summed E-state index contributed by atoms with van der Waals surface area (Å²) in [7, 11) is 0. The second-order valence-corrected chi connectivity index (χ2v) is 6.76. The summed E-state index contributed by atoms with van der Waals surface area (Å²) in [5, 5.41) is 2.41. The molecule has 1 rings (SSSR count). The molecule has 0 saturated carbocycles. The molecule has 1 atom stereocenters. The van der Waals surface area contributed by atoms with Gasteiger partial charge in [0.05, 0.1) is 0 Å². The highest BCUT2D eigenvalue weighted by molar-refractivity contribution is 8.00. The lowest BCUT2D eigenvalue weighted by molar-refractivity contribution is -0.109. The van der Waals surface area contributed by atoms with Gasteiger partial charge >= 0.3 is 0 Å². The molecule has 0 bridgehead atoms. The van der Waals surface area contributed by atoms with E-state index >= 15 is 0 Å². The summed E-state index contributed by atoms with van der Waals surface area (Å²) in [4.78, 5) is 11.2. The van der Waals surface area contributed by atoms with Crippen molar-refractivity contribution >= 4 is 64.6 Å². The Morgan fingerprint density at radius 1 is 1.25 bits per heavy atom. The number of thioether (sulfide) groups is 1. The van der Waals surface area contributed by atoms with Crippen LogP contribution in [0.1, 0.15) is 0 Å². The molecular weight excluding hydrogens is 312 g/mol. The lowest BCUT2D eigenvalue weighted by Crippen LogP contribution is -2.36. The van der Waals surface area contributed by atoms with Crippen LogP contribution in [0.4, 0.5) is 0 Å². The van der Waals surface area contributed by atoms with Gasteiger partial charge < -0.3 is 5.32 Å². The number of nitrogens with one attached hydrogen (secondary N) is 1. The monoisotopic (exact) mass is 317 g/mol. The van der Waals surface area contributed by atoms with Gasteiger partial charge in [0.2, 0.25) is 10.2 Å². The Morgan fingerprint density at radius 3 is 2.25 bits per heavy atom. The normalized spacial score (nSPS) is 13.2. The summed E-state index contributed by atoms with van der Waals surface area (Å²) >= 11 is 24.1. The van der Waals surface area contributed by atoms with Gasteiger partial charge in [0.25, 0.3) is 0 Å². The van der Waals surface area contributed by atoms with Gasteiger partial charge in [0, 0.05) is 9.92 Å². The summed E-state index contributed by atoms with van der Waals surface area (Å²) in [6.07, 6.45) is 0.496. The predicted octanol–water partition coefficient (Wildman–Crippen LogP) is 3.87. The van der Waals surface area contributed by atoms with E-state index in [0.717, 1.165) is 4.90 Å². The van der Waals surface area contributed by atoms with Crippen LogP contribution in [-0.4, -0.2) is 15.6 Å². The average Bonchev–Trinajstić information content (AvgIpc) is 2.19. The third-order valence-corrected chi connectivity index (χ3v) is 4.15. The van der Waals surface area contributed by atoms with Crippen LogP contribution in [0.15, 0.2) is 29.2 Å². The van der Waals surface area contributed by atoms with Crippen molar-refractivity contribution in [3.8, 4) is 0 Å². The first-order chi connectivity index (χ1) is 7.43. The van der Waals surface area contributed by atoms with Crippen LogP contribution in [0.5, 0.6) is 0 Å². The van der Waals surface area contributed by atoms with Crippen molar-refractivity contribution in [1.29, 1.82) is 0 Å². The van der Waals surface area contributed by atoms with E-state index in [9.17, 15) is 4.79 Å². The van der Waals surface area contributed by atoms with Crippen molar-refractivity contribution in [1.82, 2.24) is 5.32 Å². The highest BCUT2D eigenvalue weighted by Crippen LogP contribution is 2.39.